The fourth-order valence-electron chi connectivity index (χ4n) is 1.75. The zero-order valence-electron chi connectivity index (χ0n) is 9.84. The molecule has 1 unspecified atom stereocenters. The van der Waals surface area contributed by atoms with E-state index in [-0.39, 0.29) is 11.2 Å². The lowest BCUT2D eigenvalue weighted by molar-refractivity contribution is 0.454. The maximum Gasteiger partial charge on any atom is 0.212 e. The minimum absolute atomic E-state index is 0.181. The van der Waals surface area contributed by atoms with E-state index < -0.39 is 10.0 Å². The summed E-state index contributed by atoms with van der Waals surface area (Å²) in [6, 6.07) is 0. The molecule has 0 aliphatic carbocycles. The lowest BCUT2D eigenvalue weighted by atomic mass is 10.0. The summed E-state index contributed by atoms with van der Waals surface area (Å²) in [6.45, 7) is 8.31. The molecule has 1 atom stereocenters. The Bertz CT molecular complexity index is 287. The molecule has 0 bridgehead atoms. The zero-order chi connectivity index (χ0) is 11.5. The van der Waals surface area contributed by atoms with Gasteiger partial charge in [0.15, 0.2) is 0 Å². The Kier molecular flexibility index (Phi) is 4.14. The van der Waals surface area contributed by atoms with Crippen molar-refractivity contribution >= 4 is 10.0 Å². The molecule has 4 nitrogen and oxygen atoms in total. The van der Waals surface area contributed by atoms with E-state index in [1.807, 2.05) is 20.8 Å². The summed E-state index contributed by atoms with van der Waals surface area (Å²) in [6.07, 6.45) is 1.07. The second kappa shape index (κ2) is 4.80. The van der Waals surface area contributed by atoms with Gasteiger partial charge in [-0.15, -0.1) is 0 Å². The van der Waals surface area contributed by atoms with Gasteiger partial charge in [0.25, 0.3) is 0 Å². The number of hydrogen-bond donors (Lipinski definition) is 2. The van der Waals surface area contributed by atoms with Gasteiger partial charge >= 0.3 is 0 Å². The lowest BCUT2D eigenvalue weighted by Gasteiger charge is -2.19. The van der Waals surface area contributed by atoms with E-state index in [4.69, 9.17) is 0 Å². The van der Waals surface area contributed by atoms with E-state index in [9.17, 15) is 8.42 Å². The van der Waals surface area contributed by atoms with Crippen LogP contribution in [0.3, 0.4) is 0 Å². The van der Waals surface area contributed by atoms with E-state index in [0.29, 0.717) is 12.5 Å². The minimum Gasteiger partial charge on any atom is -0.316 e. The molecule has 0 aromatic heterocycles. The largest absolute Gasteiger partial charge is 0.316 e. The van der Waals surface area contributed by atoms with Gasteiger partial charge in [-0.3, -0.25) is 0 Å². The van der Waals surface area contributed by atoms with Crippen LogP contribution in [-0.4, -0.2) is 33.8 Å². The van der Waals surface area contributed by atoms with Gasteiger partial charge in [-0.1, -0.05) is 20.8 Å². The Morgan fingerprint density at radius 2 is 2.07 bits per heavy atom. The molecule has 2 N–H and O–H groups in total. The highest BCUT2D eigenvalue weighted by Crippen LogP contribution is 2.15. The van der Waals surface area contributed by atoms with Crippen molar-refractivity contribution in [2.24, 2.45) is 11.3 Å². The average molecular weight is 234 g/mol. The van der Waals surface area contributed by atoms with Crippen molar-refractivity contribution in [1.82, 2.24) is 10.0 Å². The summed E-state index contributed by atoms with van der Waals surface area (Å²) in [5.74, 6) is 0.653. The molecule has 1 rings (SSSR count). The first-order chi connectivity index (χ1) is 6.79. The lowest BCUT2D eigenvalue weighted by Crippen LogP contribution is -2.35. The first kappa shape index (κ1) is 12.9. The van der Waals surface area contributed by atoms with Crippen LogP contribution in [0.4, 0.5) is 0 Å². The van der Waals surface area contributed by atoms with Crippen molar-refractivity contribution in [2.45, 2.75) is 27.2 Å². The Hall–Kier alpha value is -0.130. The van der Waals surface area contributed by atoms with Crippen molar-refractivity contribution in [3.63, 3.8) is 0 Å². The van der Waals surface area contributed by atoms with Crippen molar-refractivity contribution in [3.8, 4) is 0 Å². The third-order valence-electron chi connectivity index (χ3n) is 2.38. The third kappa shape index (κ3) is 5.49. The Balaban J connectivity index is 2.36. The van der Waals surface area contributed by atoms with Gasteiger partial charge in [-0.25, -0.2) is 13.1 Å². The molecule has 1 heterocycles. The van der Waals surface area contributed by atoms with Gasteiger partial charge in [0.1, 0.15) is 0 Å². The normalized spacial score (nSPS) is 23.3. The molecule has 1 fully saturated rings. The number of nitrogens with one attached hydrogen (secondary N) is 2. The Morgan fingerprint density at radius 1 is 1.40 bits per heavy atom. The van der Waals surface area contributed by atoms with Crippen LogP contribution in [0.25, 0.3) is 0 Å². The van der Waals surface area contributed by atoms with E-state index in [0.717, 1.165) is 19.5 Å². The van der Waals surface area contributed by atoms with Gasteiger partial charge < -0.3 is 5.32 Å². The molecule has 0 spiro atoms. The monoisotopic (exact) mass is 234 g/mol. The summed E-state index contributed by atoms with van der Waals surface area (Å²) in [5, 5.41) is 3.22. The van der Waals surface area contributed by atoms with Crippen LogP contribution in [0.5, 0.6) is 0 Å². The van der Waals surface area contributed by atoms with Crippen LogP contribution >= 0.6 is 0 Å². The SMILES string of the molecule is CC(C)(C)CS(=O)(=O)NCC1CCNC1. The van der Waals surface area contributed by atoms with E-state index in [1.165, 1.54) is 0 Å². The van der Waals surface area contributed by atoms with E-state index >= 15 is 0 Å². The Morgan fingerprint density at radius 3 is 2.53 bits per heavy atom. The van der Waals surface area contributed by atoms with Gasteiger partial charge in [0.05, 0.1) is 5.75 Å². The highest BCUT2D eigenvalue weighted by atomic mass is 32.2. The second-order valence-electron chi connectivity index (χ2n) is 5.53. The fourth-order valence-corrected chi connectivity index (χ4v) is 3.49. The summed E-state index contributed by atoms with van der Waals surface area (Å²) < 4.78 is 26.0. The van der Waals surface area contributed by atoms with Crippen LogP contribution in [0, 0.1) is 11.3 Å². The van der Waals surface area contributed by atoms with Crippen molar-refractivity contribution in [2.75, 3.05) is 25.4 Å². The summed E-state index contributed by atoms with van der Waals surface area (Å²) in [5.41, 5.74) is -0.181. The molecular weight excluding hydrogens is 212 g/mol. The molecule has 15 heavy (non-hydrogen) atoms. The summed E-state index contributed by atoms with van der Waals surface area (Å²) in [4.78, 5) is 0. The van der Waals surface area contributed by atoms with Gasteiger partial charge in [0, 0.05) is 6.54 Å². The minimum atomic E-state index is -3.10. The quantitative estimate of drug-likeness (QED) is 0.747. The summed E-state index contributed by atoms with van der Waals surface area (Å²) in [7, 11) is -3.10. The van der Waals surface area contributed by atoms with E-state index in [1.54, 1.807) is 0 Å². The standard InChI is InChI=1S/C10H22N2O2S/c1-10(2,3)8-15(13,14)12-7-9-4-5-11-6-9/h9,11-12H,4-8H2,1-3H3. The second-order valence-corrected chi connectivity index (χ2v) is 7.33. The maximum atomic E-state index is 11.7. The fraction of sp³-hybridized carbons (Fsp3) is 1.00. The third-order valence-corrected chi connectivity index (χ3v) is 4.23. The van der Waals surface area contributed by atoms with Crippen molar-refractivity contribution < 1.29 is 8.42 Å². The van der Waals surface area contributed by atoms with Gasteiger partial charge in [0.2, 0.25) is 10.0 Å². The maximum absolute atomic E-state index is 11.7. The summed E-state index contributed by atoms with van der Waals surface area (Å²) >= 11 is 0. The molecular formula is C10H22N2O2S. The first-order valence-electron chi connectivity index (χ1n) is 5.47. The van der Waals surface area contributed by atoms with Crippen LogP contribution in [0.15, 0.2) is 0 Å². The smallest absolute Gasteiger partial charge is 0.212 e. The zero-order valence-corrected chi connectivity index (χ0v) is 10.7. The molecule has 1 saturated heterocycles. The number of hydrogen-bond acceptors (Lipinski definition) is 3. The van der Waals surface area contributed by atoms with Gasteiger partial charge in [-0.2, -0.15) is 0 Å². The van der Waals surface area contributed by atoms with Crippen molar-refractivity contribution in [1.29, 1.82) is 0 Å². The molecule has 0 aromatic rings. The Labute approximate surface area is 92.9 Å². The molecule has 0 aromatic carbocycles. The molecule has 0 radical (unpaired) electrons. The van der Waals surface area contributed by atoms with Crippen LogP contribution in [-0.2, 0) is 10.0 Å². The van der Waals surface area contributed by atoms with Crippen molar-refractivity contribution in [3.05, 3.63) is 0 Å². The van der Waals surface area contributed by atoms with Gasteiger partial charge in [-0.05, 0) is 30.8 Å². The topological polar surface area (TPSA) is 58.2 Å². The average Bonchev–Trinajstić information content (AvgIpc) is 2.47. The predicted molar refractivity (Wildman–Crippen MR) is 62.2 cm³/mol. The molecule has 1 aliphatic heterocycles. The van der Waals surface area contributed by atoms with Crippen LogP contribution < -0.4 is 10.0 Å². The molecule has 1 aliphatic rings. The molecule has 90 valence electrons. The van der Waals surface area contributed by atoms with Crippen LogP contribution in [0.2, 0.25) is 0 Å². The first-order valence-corrected chi connectivity index (χ1v) is 7.12. The highest BCUT2D eigenvalue weighted by molar-refractivity contribution is 7.89. The number of sulfonamides is 1. The molecule has 5 heteroatoms. The molecule has 0 amide bonds. The highest BCUT2D eigenvalue weighted by Gasteiger charge is 2.23. The number of rotatable bonds is 4. The molecule has 0 saturated carbocycles. The predicted octanol–water partition coefficient (Wildman–Crippen LogP) is 0.561. The van der Waals surface area contributed by atoms with E-state index in [2.05, 4.69) is 10.0 Å². The van der Waals surface area contributed by atoms with Crippen LogP contribution in [0.1, 0.15) is 27.2 Å².